The van der Waals surface area contributed by atoms with E-state index < -0.39 is 4.92 Å². The van der Waals surface area contributed by atoms with Gasteiger partial charge in [0.2, 0.25) is 11.8 Å². The number of hydrogen-bond acceptors (Lipinski definition) is 8. The van der Waals surface area contributed by atoms with Gasteiger partial charge in [-0.3, -0.25) is 15.5 Å². The van der Waals surface area contributed by atoms with Crippen LogP contribution < -0.4 is 20.7 Å². The lowest BCUT2D eigenvalue weighted by Gasteiger charge is -2.09. The van der Waals surface area contributed by atoms with Gasteiger partial charge in [-0.1, -0.05) is 0 Å². The number of ether oxygens (including phenoxy) is 2. The Bertz CT molecular complexity index is 677. The molecule has 9 nitrogen and oxygen atoms in total. The standard InChI is InChI=1S/C12H13N5O4/c1-7-6-14-12(16-13)15-11(7)21-8-3-4-10(20-2)9(5-8)17(18)19/h3-6H,13H2,1-2H3,(H,14,15,16). The van der Waals surface area contributed by atoms with Gasteiger partial charge in [-0.25, -0.2) is 10.8 Å². The zero-order valence-corrected chi connectivity index (χ0v) is 11.4. The van der Waals surface area contributed by atoms with Crippen molar-refractivity contribution < 1.29 is 14.4 Å². The topological polar surface area (TPSA) is 125 Å². The average molecular weight is 291 g/mol. The summed E-state index contributed by atoms with van der Waals surface area (Å²) in [5.41, 5.74) is 2.76. The van der Waals surface area contributed by atoms with Crippen molar-refractivity contribution in [2.75, 3.05) is 12.5 Å². The van der Waals surface area contributed by atoms with Gasteiger partial charge in [-0.2, -0.15) is 4.98 Å². The Labute approximate surface area is 119 Å². The Morgan fingerprint density at radius 2 is 2.19 bits per heavy atom. The molecule has 110 valence electrons. The van der Waals surface area contributed by atoms with Crippen LogP contribution in [0.2, 0.25) is 0 Å². The first-order valence-corrected chi connectivity index (χ1v) is 5.85. The summed E-state index contributed by atoms with van der Waals surface area (Å²) >= 11 is 0. The molecular weight excluding hydrogens is 278 g/mol. The Balaban J connectivity index is 2.36. The van der Waals surface area contributed by atoms with E-state index in [4.69, 9.17) is 15.3 Å². The molecule has 0 spiro atoms. The van der Waals surface area contributed by atoms with Crippen LogP contribution in [0.5, 0.6) is 17.4 Å². The number of hydrogen-bond donors (Lipinski definition) is 2. The van der Waals surface area contributed by atoms with Gasteiger partial charge in [0, 0.05) is 11.8 Å². The first-order chi connectivity index (χ1) is 10.0. The molecule has 0 aliphatic carbocycles. The Hall–Kier alpha value is -2.94. The fraction of sp³-hybridized carbons (Fsp3) is 0.167. The van der Waals surface area contributed by atoms with Crippen LogP contribution in [-0.4, -0.2) is 22.0 Å². The van der Waals surface area contributed by atoms with Crippen LogP contribution in [0.4, 0.5) is 11.6 Å². The Kier molecular flexibility index (Phi) is 4.14. The van der Waals surface area contributed by atoms with Crippen molar-refractivity contribution in [1.29, 1.82) is 0 Å². The largest absolute Gasteiger partial charge is 0.490 e. The van der Waals surface area contributed by atoms with Crippen LogP contribution in [0, 0.1) is 17.0 Å². The number of nitrogen functional groups attached to an aromatic ring is 1. The van der Waals surface area contributed by atoms with Crippen molar-refractivity contribution in [3.05, 3.63) is 40.1 Å². The number of nitrogens with one attached hydrogen (secondary N) is 1. The minimum atomic E-state index is -0.550. The summed E-state index contributed by atoms with van der Waals surface area (Å²) in [6.45, 7) is 1.74. The highest BCUT2D eigenvalue weighted by Crippen LogP contribution is 2.33. The molecule has 0 unspecified atom stereocenters. The van der Waals surface area contributed by atoms with Crippen LogP contribution >= 0.6 is 0 Å². The van der Waals surface area contributed by atoms with Crippen LogP contribution in [-0.2, 0) is 0 Å². The van der Waals surface area contributed by atoms with Gasteiger partial charge < -0.3 is 9.47 Å². The molecule has 2 aromatic rings. The minimum absolute atomic E-state index is 0.149. The Morgan fingerprint density at radius 1 is 1.43 bits per heavy atom. The highest BCUT2D eigenvalue weighted by atomic mass is 16.6. The van der Waals surface area contributed by atoms with E-state index in [9.17, 15) is 10.1 Å². The van der Waals surface area contributed by atoms with E-state index >= 15 is 0 Å². The minimum Gasteiger partial charge on any atom is -0.490 e. The van der Waals surface area contributed by atoms with E-state index in [1.165, 1.54) is 25.4 Å². The van der Waals surface area contributed by atoms with Gasteiger partial charge in [-0.15, -0.1) is 0 Å². The number of methoxy groups -OCH3 is 1. The summed E-state index contributed by atoms with van der Waals surface area (Å²) in [6.07, 6.45) is 1.52. The molecule has 1 aromatic carbocycles. The van der Waals surface area contributed by atoms with Crippen molar-refractivity contribution >= 4 is 11.6 Å². The molecule has 0 saturated heterocycles. The van der Waals surface area contributed by atoms with Crippen LogP contribution in [0.25, 0.3) is 0 Å². The van der Waals surface area contributed by atoms with E-state index in [1.54, 1.807) is 13.0 Å². The molecule has 0 saturated carbocycles. The molecule has 3 N–H and O–H groups in total. The first-order valence-electron chi connectivity index (χ1n) is 5.85. The van der Waals surface area contributed by atoms with E-state index in [-0.39, 0.29) is 29.0 Å². The zero-order valence-electron chi connectivity index (χ0n) is 11.4. The van der Waals surface area contributed by atoms with Crippen molar-refractivity contribution in [2.45, 2.75) is 6.92 Å². The number of nitrogens with zero attached hydrogens (tertiary/aromatic N) is 3. The summed E-state index contributed by atoms with van der Waals surface area (Å²) in [5, 5.41) is 11.0. The lowest BCUT2D eigenvalue weighted by molar-refractivity contribution is -0.385. The number of nitrogens with two attached hydrogens (primary N) is 1. The molecule has 1 heterocycles. The quantitative estimate of drug-likeness (QED) is 0.485. The zero-order chi connectivity index (χ0) is 15.4. The fourth-order valence-electron chi connectivity index (χ4n) is 1.59. The first kappa shape index (κ1) is 14.5. The van der Waals surface area contributed by atoms with Gasteiger partial charge in [0.15, 0.2) is 5.75 Å². The summed E-state index contributed by atoms with van der Waals surface area (Å²) in [6, 6.07) is 4.25. The molecular formula is C12H13N5O4. The SMILES string of the molecule is COc1ccc(Oc2nc(NN)ncc2C)cc1[N+](=O)[O-]. The predicted octanol–water partition coefficient (Wildman–Crippen LogP) is 1.78. The highest BCUT2D eigenvalue weighted by Gasteiger charge is 2.17. The third kappa shape index (κ3) is 3.15. The molecule has 0 aliphatic rings. The second-order valence-electron chi connectivity index (χ2n) is 4.02. The average Bonchev–Trinajstić information content (AvgIpc) is 2.49. The number of nitro benzene ring substituents is 1. The summed E-state index contributed by atoms with van der Waals surface area (Å²) < 4.78 is 10.5. The molecule has 9 heteroatoms. The number of hydrazine groups is 1. The number of anilines is 1. The van der Waals surface area contributed by atoms with E-state index in [1.807, 2.05) is 0 Å². The van der Waals surface area contributed by atoms with Gasteiger partial charge in [0.1, 0.15) is 5.75 Å². The number of nitro groups is 1. The highest BCUT2D eigenvalue weighted by molar-refractivity contribution is 5.51. The summed E-state index contributed by atoms with van der Waals surface area (Å²) in [7, 11) is 1.36. The third-order valence-electron chi connectivity index (χ3n) is 2.62. The van der Waals surface area contributed by atoms with Gasteiger partial charge in [-0.05, 0) is 19.1 Å². The molecule has 0 bridgehead atoms. The maximum absolute atomic E-state index is 11.0. The van der Waals surface area contributed by atoms with Gasteiger partial charge in [0.25, 0.3) is 0 Å². The third-order valence-corrected chi connectivity index (χ3v) is 2.62. The van der Waals surface area contributed by atoms with Crippen molar-refractivity contribution in [3.63, 3.8) is 0 Å². The number of aromatic nitrogens is 2. The monoisotopic (exact) mass is 291 g/mol. The normalized spacial score (nSPS) is 10.0. The maximum atomic E-state index is 11.0. The van der Waals surface area contributed by atoms with Crippen molar-refractivity contribution in [1.82, 2.24) is 9.97 Å². The van der Waals surface area contributed by atoms with E-state index in [0.717, 1.165) is 0 Å². The number of benzene rings is 1. The maximum Gasteiger partial charge on any atom is 0.314 e. The number of aryl methyl sites for hydroxylation is 1. The van der Waals surface area contributed by atoms with Crippen molar-refractivity contribution in [2.24, 2.45) is 5.84 Å². The summed E-state index contributed by atoms with van der Waals surface area (Å²) in [5.74, 6) is 6.06. The number of rotatable bonds is 5. The smallest absolute Gasteiger partial charge is 0.314 e. The lowest BCUT2D eigenvalue weighted by Crippen LogP contribution is -2.11. The molecule has 0 amide bonds. The van der Waals surface area contributed by atoms with E-state index in [2.05, 4.69) is 15.4 Å². The predicted molar refractivity (Wildman–Crippen MR) is 74.3 cm³/mol. The fourth-order valence-corrected chi connectivity index (χ4v) is 1.59. The second kappa shape index (κ2) is 6.01. The van der Waals surface area contributed by atoms with Crippen LogP contribution in [0.1, 0.15) is 5.56 Å². The van der Waals surface area contributed by atoms with Crippen LogP contribution in [0.15, 0.2) is 24.4 Å². The van der Waals surface area contributed by atoms with Gasteiger partial charge >= 0.3 is 5.69 Å². The molecule has 0 radical (unpaired) electrons. The second-order valence-corrected chi connectivity index (χ2v) is 4.02. The molecule has 2 rings (SSSR count). The summed E-state index contributed by atoms with van der Waals surface area (Å²) in [4.78, 5) is 18.4. The van der Waals surface area contributed by atoms with Crippen molar-refractivity contribution in [3.8, 4) is 17.4 Å². The van der Waals surface area contributed by atoms with Crippen LogP contribution in [0.3, 0.4) is 0 Å². The van der Waals surface area contributed by atoms with Gasteiger partial charge in [0.05, 0.1) is 18.1 Å². The molecule has 0 atom stereocenters. The Morgan fingerprint density at radius 3 is 2.81 bits per heavy atom. The molecule has 0 aliphatic heterocycles. The lowest BCUT2D eigenvalue weighted by atomic mass is 10.3. The molecule has 1 aromatic heterocycles. The molecule has 21 heavy (non-hydrogen) atoms. The van der Waals surface area contributed by atoms with E-state index in [0.29, 0.717) is 5.56 Å². The molecule has 0 fully saturated rings.